The first kappa shape index (κ1) is 13.3. The zero-order chi connectivity index (χ0) is 14.0. The molecule has 0 spiro atoms. The Morgan fingerprint density at radius 1 is 1.42 bits per heavy atom. The van der Waals surface area contributed by atoms with Crippen molar-refractivity contribution in [1.82, 2.24) is 0 Å². The van der Waals surface area contributed by atoms with Gasteiger partial charge in [0.1, 0.15) is 0 Å². The molecular weight excluding hydrogens is 248 g/mol. The number of non-ortho nitro benzene ring substituents is 1. The van der Waals surface area contributed by atoms with E-state index in [0.717, 1.165) is 19.3 Å². The van der Waals surface area contributed by atoms with Crippen molar-refractivity contribution >= 4 is 17.3 Å². The number of hydrogen-bond acceptors (Lipinski definition) is 5. The van der Waals surface area contributed by atoms with Crippen LogP contribution in [0.4, 0.5) is 11.4 Å². The molecule has 0 saturated heterocycles. The molecule has 0 aromatic heterocycles. The second-order valence-corrected chi connectivity index (χ2v) is 4.70. The fourth-order valence-electron chi connectivity index (χ4n) is 2.34. The van der Waals surface area contributed by atoms with Crippen LogP contribution in [0.15, 0.2) is 18.2 Å². The lowest BCUT2D eigenvalue weighted by atomic mass is 10.1. The van der Waals surface area contributed by atoms with E-state index in [4.69, 9.17) is 11.5 Å². The number of hydrogen-bond donors (Lipinski definition) is 3. The Labute approximate surface area is 110 Å². The van der Waals surface area contributed by atoms with Crippen LogP contribution >= 0.6 is 0 Å². The second kappa shape index (κ2) is 5.23. The fraction of sp³-hybridized carbons (Fsp3) is 0.417. The summed E-state index contributed by atoms with van der Waals surface area (Å²) < 4.78 is 0. The van der Waals surface area contributed by atoms with Gasteiger partial charge >= 0.3 is 0 Å². The SMILES string of the molecule is NC(=O)c1cc([N+](=O)[O-])ccc1NC1CCCC1N. The number of nitro groups is 1. The van der Waals surface area contributed by atoms with Crippen molar-refractivity contribution < 1.29 is 9.72 Å². The van der Waals surface area contributed by atoms with Crippen LogP contribution in [-0.2, 0) is 0 Å². The third-order valence-electron chi connectivity index (χ3n) is 3.39. The van der Waals surface area contributed by atoms with Crippen LogP contribution in [-0.4, -0.2) is 22.9 Å². The van der Waals surface area contributed by atoms with Gasteiger partial charge in [-0.05, 0) is 25.3 Å². The van der Waals surface area contributed by atoms with E-state index in [1.165, 1.54) is 18.2 Å². The van der Waals surface area contributed by atoms with Crippen LogP contribution in [0.1, 0.15) is 29.6 Å². The van der Waals surface area contributed by atoms with Crippen molar-refractivity contribution in [2.45, 2.75) is 31.3 Å². The number of nitrogens with zero attached hydrogens (tertiary/aromatic N) is 1. The maximum Gasteiger partial charge on any atom is 0.270 e. The predicted molar refractivity (Wildman–Crippen MR) is 70.9 cm³/mol. The van der Waals surface area contributed by atoms with E-state index in [1.54, 1.807) is 0 Å². The first-order chi connectivity index (χ1) is 8.99. The number of nitrogens with one attached hydrogen (secondary N) is 1. The van der Waals surface area contributed by atoms with Gasteiger partial charge < -0.3 is 16.8 Å². The number of carbonyl (C=O) groups excluding carboxylic acids is 1. The minimum atomic E-state index is -0.697. The molecule has 0 heterocycles. The molecule has 1 amide bonds. The molecule has 1 aromatic rings. The highest BCUT2D eigenvalue weighted by Crippen LogP contribution is 2.26. The average Bonchev–Trinajstić information content (AvgIpc) is 2.75. The highest BCUT2D eigenvalue weighted by Gasteiger charge is 2.25. The first-order valence-corrected chi connectivity index (χ1v) is 6.09. The molecule has 1 aliphatic rings. The Morgan fingerprint density at radius 3 is 2.68 bits per heavy atom. The molecule has 1 saturated carbocycles. The van der Waals surface area contributed by atoms with Crippen molar-refractivity contribution in [2.75, 3.05) is 5.32 Å². The van der Waals surface area contributed by atoms with Gasteiger partial charge in [-0.1, -0.05) is 0 Å². The number of anilines is 1. The quantitative estimate of drug-likeness (QED) is 0.552. The molecule has 7 heteroatoms. The zero-order valence-electron chi connectivity index (χ0n) is 10.3. The number of rotatable bonds is 4. The van der Waals surface area contributed by atoms with Crippen LogP contribution in [0.5, 0.6) is 0 Å². The van der Waals surface area contributed by atoms with Crippen molar-refractivity contribution in [3.63, 3.8) is 0 Å². The summed E-state index contributed by atoms with van der Waals surface area (Å²) in [5, 5.41) is 13.9. The number of nitrogens with two attached hydrogens (primary N) is 2. The highest BCUT2D eigenvalue weighted by atomic mass is 16.6. The highest BCUT2D eigenvalue weighted by molar-refractivity contribution is 5.99. The van der Waals surface area contributed by atoms with E-state index in [1.807, 2.05) is 0 Å². The second-order valence-electron chi connectivity index (χ2n) is 4.70. The van der Waals surface area contributed by atoms with Gasteiger partial charge in [0.05, 0.1) is 10.5 Å². The topological polar surface area (TPSA) is 124 Å². The maximum absolute atomic E-state index is 11.4. The number of amides is 1. The lowest BCUT2D eigenvalue weighted by molar-refractivity contribution is -0.384. The van der Waals surface area contributed by atoms with Crippen LogP contribution in [0.25, 0.3) is 0 Å². The van der Waals surface area contributed by atoms with Crippen LogP contribution < -0.4 is 16.8 Å². The molecule has 2 atom stereocenters. The van der Waals surface area contributed by atoms with Gasteiger partial charge in [-0.2, -0.15) is 0 Å². The summed E-state index contributed by atoms with van der Waals surface area (Å²) in [6.07, 6.45) is 2.87. The lowest BCUT2D eigenvalue weighted by Gasteiger charge is -2.20. The lowest BCUT2D eigenvalue weighted by Crippen LogP contribution is -2.35. The summed E-state index contributed by atoms with van der Waals surface area (Å²) in [5.41, 5.74) is 11.7. The maximum atomic E-state index is 11.4. The molecule has 1 aromatic carbocycles. The van der Waals surface area contributed by atoms with Crippen molar-refractivity contribution in [3.8, 4) is 0 Å². The molecule has 1 fully saturated rings. The molecule has 0 radical (unpaired) electrons. The third-order valence-corrected chi connectivity index (χ3v) is 3.39. The minimum absolute atomic E-state index is 0.0240. The van der Waals surface area contributed by atoms with Crippen LogP contribution in [0.3, 0.4) is 0 Å². The molecule has 0 aliphatic heterocycles. The molecule has 2 rings (SSSR count). The zero-order valence-corrected chi connectivity index (χ0v) is 10.3. The molecule has 1 aliphatic carbocycles. The summed E-state index contributed by atoms with van der Waals surface area (Å²) in [6, 6.07) is 4.12. The van der Waals surface area contributed by atoms with Gasteiger partial charge in [-0.25, -0.2) is 0 Å². The van der Waals surface area contributed by atoms with Gasteiger partial charge in [-0.3, -0.25) is 14.9 Å². The summed E-state index contributed by atoms with van der Waals surface area (Å²) in [4.78, 5) is 21.5. The van der Waals surface area contributed by atoms with E-state index in [9.17, 15) is 14.9 Å². The smallest absolute Gasteiger partial charge is 0.270 e. The Hall–Kier alpha value is -2.15. The largest absolute Gasteiger partial charge is 0.380 e. The third kappa shape index (κ3) is 2.82. The minimum Gasteiger partial charge on any atom is -0.380 e. The van der Waals surface area contributed by atoms with Crippen LogP contribution in [0, 0.1) is 10.1 Å². The monoisotopic (exact) mass is 264 g/mol. The Balaban J connectivity index is 2.29. The van der Waals surface area contributed by atoms with Gasteiger partial charge in [0.2, 0.25) is 0 Å². The van der Waals surface area contributed by atoms with Crippen molar-refractivity contribution in [2.24, 2.45) is 11.5 Å². The van der Waals surface area contributed by atoms with Gasteiger partial charge in [0.15, 0.2) is 0 Å². The van der Waals surface area contributed by atoms with E-state index >= 15 is 0 Å². The molecule has 5 N–H and O–H groups in total. The fourth-order valence-corrected chi connectivity index (χ4v) is 2.34. The molecule has 7 nitrogen and oxygen atoms in total. The normalized spacial score (nSPS) is 22.2. The standard InChI is InChI=1S/C12H16N4O3/c13-9-2-1-3-11(9)15-10-5-4-7(16(18)19)6-8(10)12(14)17/h4-6,9,11,15H,1-3,13H2,(H2,14,17). The number of carbonyl (C=O) groups is 1. The average molecular weight is 264 g/mol. The van der Waals surface area contributed by atoms with Crippen molar-refractivity contribution in [3.05, 3.63) is 33.9 Å². The summed E-state index contributed by atoms with van der Waals surface area (Å²) in [6.45, 7) is 0. The molecule has 102 valence electrons. The van der Waals surface area contributed by atoms with Crippen molar-refractivity contribution in [1.29, 1.82) is 0 Å². The van der Waals surface area contributed by atoms with Crippen LogP contribution in [0.2, 0.25) is 0 Å². The molecule has 0 bridgehead atoms. The number of primary amides is 1. The van der Waals surface area contributed by atoms with Gasteiger partial charge in [-0.15, -0.1) is 0 Å². The summed E-state index contributed by atoms with van der Waals surface area (Å²) in [5.74, 6) is -0.697. The Morgan fingerprint density at radius 2 is 2.16 bits per heavy atom. The Kier molecular flexibility index (Phi) is 3.66. The van der Waals surface area contributed by atoms with E-state index in [2.05, 4.69) is 5.32 Å². The number of nitro benzene ring substituents is 1. The van der Waals surface area contributed by atoms with E-state index in [0.29, 0.717) is 5.69 Å². The first-order valence-electron chi connectivity index (χ1n) is 6.09. The number of benzene rings is 1. The van der Waals surface area contributed by atoms with Gasteiger partial charge in [0.25, 0.3) is 11.6 Å². The van der Waals surface area contributed by atoms with Gasteiger partial charge in [0, 0.05) is 29.9 Å². The van der Waals surface area contributed by atoms with E-state index in [-0.39, 0.29) is 23.3 Å². The summed E-state index contributed by atoms with van der Waals surface area (Å²) in [7, 11) is 0. The molecule has 19 heavy (non-hydrogen) atoms. The molecule has 2 unspecified atom stereocenters. The predicted octanol–water partition coefficient (Wildman–Crippen LogP) is 0.985. The summed E-state index contributed by atoms with van der Waals surface area (Å²) >= 11 is 0. The van der Waals surface area contributed by atoms with E-state index < -0.39 is 10.8 Å². The molecular formula is C12H16N4O3. The Bertz CT molecular complexity index is 518.